The summed E-state index contributed by atoms with van der Waals surface area (Å²) in [6, 6.07) is 0. The highest BCUT2D eigenvalue weighted by molar-refractivity contribution is 5.81. The number of hydrazine groups is 1. The number of aliphatic hydroxyl groups excluding tert-OH is 1. The number of rotatable bonds is 5. The fourth-order valence-electron chi connectivity index (χ4n) is 2.74. The highest BCUT2D eigenvalue weighted by atomic mass is 16.3. The molecule has 0 aromatic heterocycles. The van der Waals surface area contributed by atoms with Crippen molar-refractivity contribution < 1.29 is 9.90 Å². The molecule has 1 aliphatic carbocycles. The van der Waals surface area contributed by atoms with Crippen LogP contribution in [-0.2, 0) is 4.79 Å². The molecule has 1 rings (SSSR count). The van der Waals surface area contributed by atoms with E-state index in [-0.39, 0.29) is 17.7 Å². The smallest absolute Gasteiger partial charge is 0.241 e. The molecule has 0 saturated heterocycles. The second-order valence-corrected chi connectivity index (χ2v) is 4.96. The lowest BCUT2D eigenvalue weighted by Gasteiger charge is -2.32. The molecule has 17 heavy (non-hydrogen) atoms. The van der Waals surface area contributed by atoms with Crippen molar-refractivity contribution in [3.05, 3.63) is 11.6 Å². The van der Waals surface area contributed by atoms with Crippen LogP contribution in [0, 0.1) is 11.8 Å². The molecule has 0 spiro atoms. The molecule has 1 aliphatic rings. The Kier molecular flexibility index (Phi) is 5.65. The van der Waals surface area contributed by atoms with Crippen LogP contribution in [0.25, 0.3) is 0 Å². The summed E-state index contributed by atoms with van der Waals surface area (Å²) >= 11 is 0. The van der Waals surface area contributed by atoms with Crippen molar-refractivity contribution in [3.8, 4) is 0 Å². The van der Waals surface area contributed by atoms with Gasteiger partial charge < -0.3 is 5.11 Å². The minimum Gasteiger partial charge on any atom is -0.389 e. The van der Waals surface area contributed by atoms with Crippen molar-refractivity contribution in [1.29, 1.82) is 0 Å². The van der Waals surface area contributed by atoms with Crippen LogP contribution in [0.3, 0.4) is 0 Å². The van der Waals surface area contributed by atoms with Gasteiger partial charge in [0.2, 0.25) is 5.91 Å². The van der Waals surface area contributed by atoms with E-state index in [1.54, 1.807) is 6.08 Å². The Hall–Kier alpha value is -0.870. The van der Waals surface area contributed by atoms with Crippen LogP contribution in [0.2, 0.25) is 0 Å². The molecule has 4 nitrogen and oxygen atoms in total. The normalized spacial score (nSPS) is 28.7. The van der Waals surface area contributed by atoms with Crippen LogP contribution in [0.1, 0.15) is 46.0 Å². The molecule has 0 saturated carbocycles. The maximum Gasteiger partial charge on any atom is 0.241 e. The summed E-state index contributed by atoms with van der Waals surface area (Å²) in [5.41, 5.74) is 3.18. The zero-order chi connectivity index (χ0) is 12.8. The Labute approximate surface area is 103 Å². The fraction of sp³-hybridized carbons (Fsp3) is 0.769. The van der Waals surface area contributed by atoms with E-state index in [1.807, 2.05) is 6.92 Å². The topological polar surface area (TPSA) is 75.3 Å². The predicted molar refractivity (Wildman–Crippen MR) is 67.8 cm³/mol. The minimum absolute atomic E-state index is 0.132. The van der Waals surface area contributed by atoms with Gasteiger partial charge in [-0.25, -0.2) is 5.84 Å². The van der Waals surface area contributed by atoms with Crippen molar-refractivity contribution in [1.82, 2.24) is 5.43 Å². The number of aliphatic hydroxyl groups is 1. The number of nitrogens with one attached hydrogen (secondary N) is 1. The van der Waals surface area contributed by atoms with E-state index in [0.717, 1.165) is 24.8 Å². The largest absolute Gasteiger partial charge is 0.389 e. The zero-order valence-corrected chi connectivity index (χ0v) is 10.8. The molecule has 0 aromatic carbocycles. The molecular formula is C13H24N2O2. The third kappa shape index (κ3) is 3.82. The third-order valence-corrected chi connectivity index (χ3v) is 3.56. The van der Waals surface area contributed by atoms with Crippen molar-refractivity contribution in [3.63, 3.8) is 0 Å². The molecule has 0 aromatic rings. The van der Waals surface area contributed by atoms with Gasteiger partial charge in [0.05, 0.1) is 12.0 Å². The van der Waals surface area contributed by atoms with Gasteiger partial charge in [0.25, 0.3) is 0 Å². The number of unbranched alkanes of at least 4 members (excludes halogenated alkanes) is 2. The van der Waals surface area contributed by atoms with Crippen molar-refractivity contribution in [2.75, 3.05) is 0 Å². The average molecular weight is 240 g/mol. The van der Waals surface area contributed by atoms with E-state index in [4.69, 9.17) is 5.84 Å². The molecule has 98 valence electrons. The van der Waals surface area contributed by atoms with Gasteiger partial charge in [0, 0.05) is 0 Å². The fourth-order valence-corrected chi connectivity index (χ4v) is 2.74. The molecule has 1 amide bonds. The van der Waals surface area contributed by atoms with Gasteiger partial charge in [0.15, 0.2) is 0 Å². The lowest BCUT2D eigenvalue weighted by molar-refractivity contribution is -0.126. The number of carbonyl (C=O) groups excluding carboxylic acids is 1. The lowest BCUT2D eigenvalue weighted by Crippen LogP contribution is -2.42. The van der Waals surface area contributed by atoms with Gasteiger partial charge in [0.1, 0.15) is 0 Å². The second-order valence-electron chi connectivity index (χ2n) is 4.96. The van der Waals surface area contributed by atoms with Gasteiger partial charge in [-0.2, -0.15) is 0 Å². The summed E-state index contributed by atoms with van der Waals surface area (Å²) in [6.07, 6.45) is 6.45. The maximum atomic E-state index is 11.8. The molecular weight excluding hydrogens is 216 g/mol. The second kappa shape index (κ2) is 6.77. The van der Waals surface area contributed by atoms with Gasteiger partial charge >= 0.3 is 0 Å². The molecule has 4 heteroatoms. The van der Waals surface area contributed by atoms with E-state index < -0.39 is 6.10 Å². The number of amides is 1. The number of hydrogen-bond acceptors (Lipinski definition) is 3. The Morgan fingerprint density at radius 1 is 1.59 bits per heavy atom. The highest BCUT2D eigenvalue weighted by Gasteiger charge is 2.33. The molecule has 0 unspecified atom stereocenters. The first kappa shape index (κ1) is 14.2. The molecule has 0 radical (unpaired) electrons. The number of carbonyl (C=O) groups is 1. The summed E-state index contributed by atoms with van der Waals surface area (Å²) < 4.78 is 0. The van der Waals surface area contributed by atoms with E-state index >= 15 is 0 Å². The first-order valence-electron chi connectivity index (χ1n) is 6.47. The lowest BCUT2D eigenvalue weighted by atomic mass is 9.75. The molecule has 0 heterocycles. The van der Waals surface area contributed by atoms with Gasteiger partial charge in [-0.1, -0.05) is 37.8 Å². The van der Waals surface area contributed by atoms with E-state index in [9.17, 15) is 9.90 Å². The minimum atomic E-state index is -0.413. The van der Waals surface area contributed by atoms with Crippen LogP contribution in [0.5, 0.6) is 0 Å². The Bertz CT molecular complexity index is 289. The monoisotopic (exact) mass is 240 g/mol. The van der Waals surface area contributed by atoms with Crippen molar-refractivity contribution in [2.24, 2.45) is 17.7 Å². The van der Waals surface area contributed by atoms with Crippen LogP contribution in [0.15, 0.2) is 11.6 Å². The Morgan fingerprint density at radius 3 is 2.88 bits per heavy atom. The van der Waals surface area contributed by atoms with Gasteiger partial charge in [-0.15, -0.1) is 0 Å². The summed E-state index contributed by atoms with van der Waals surface area (Å²) in [5.74, 6) is 5.14. The third-order valence-electron chi connectivity index (χ3n) is 3.56. The first-order valence-corrected chi connectivity index (χ1v) is 6.47. The predicted octanol–water partition coefficient (Wildman–Crippen LogP) is 1.50. The maximum absolute atomic E-state index is 11.8. The molecule has 4 N–H and O–H groups in total. The first-order chi connectivity index (χ1) is 8.10. The quantitative estimate of drug-likeness (QED) is 0.224. The van der Waals surface area contributed by atoms with Crippen LogP contribution in [-0.4, -0.2) is 17.1 Å². The molecule has 0 bridgehead atoms. The summed E-state index contributed by atoms with van der Waals surface area (Å²) in [6.45, 7) is 4.06. The van der Waals surface area contributed by atoms with Gasteiger partial charge in [-0.05, 0) is 25.7 Å². The summed E-state index contributed by atoms with van der Waals surface area (Å²) in [7, 11) is 0. The average Bonchev–Trinajstić information content (AvgIpc) is 2.28. The van der Waals surface area contributed by atoms with E-state index in [2.05, 4.69) is 12.3 Å². The van der Waals surface area contributed by atoms with E-state index in [0.29, 0.717) is 6.42 Å². The highest BCUT2D eigenvalue weighted by Crippen LogP contribution is 2.34. The summed E-state index contributed by atoms with van der Waals surface area (Å²) in [5, 5.41) is 9.74. The van der Waals surface area contributed by atoms with Crippen LogP contribution in [0.4, 0.5) is 0 Å². The Balaban J connectivity index is 2.70. The van der Waals surface area contributed by atoms with Crippen molar-refractivity contribution in [2.45, 2.75) is 52.1 Å². The number of nitrogens with two attached hydrogens (primary N) is 1. The van der Waals surface area contributed by atoms with E-state index in [1.165, 1.54) is 6.42 Å². The standard InChI is InChI=1S/C13H24N2O2/c1-3-4-5-6-10-8-11(16)7-9(2)12(10)13(17)15-14/h7,10-12,16H,3-6,8,14H2,1-2H3,(H,15,17)/t10-,11+,12+/m0/s1. The molecule has 0 fully saturated rings. The zero-order valence-electron chi connectivity index (χ0n) is 10.8. The summed E-state index contributed by atoms with van der Waals surface area (Å²) in [4.78, 5) is 11.8. The Morgan fingerprint density at radius 2 is 2.29 bits per heavy atom. The molecule has 0 aliphatic heterocycles. The molecule has 3 atom stereocenters. The van der Waals surface area contributed by atoms with Gasteiger partial charge in [-0.3, -0.25) is 10.2 Å². The van der Waals surface area contributed by atoms with Crippen molar-refractivity contribution >= 4 is 5.91 Å². The number of hydrogen-bond donors (Lipinski definition) is 3. The van der Waals surface area contributed by atoms with Crippen LogP contribution >= 0.6 is 0 Å². The van der Waals surface area contributed by atoms with Crippen LogP contribution < -0.4 is 11.3 Å². The SMILES string of the molecule is CCCCC[C@H]1C[C@H](O)C=C(C)[C@H]1C(=O)NN.